The summed E-state index contributed by atoms with van der Waals surface area (Å²) in [5, 5.41) is 3.82. The number of nitrogens with one attached hydrogen (secondary N) is 1. The Kier molecular flexibility index (Phi) is 14.7. The van der Waals surface area contributed by atoms with Crippen LogP contribution in [0.3, 0.4) is 0 Å². The summed E-state index contributed by atoms with van der Waals surface area (Å²) in [6, 6.07) is 13.4. The zero-order valence-electron chi connectivity index (χ0n) is 22.7. The number of aldehydes is 1. The highest BCUT2D eigenvalue weighted by Gasteiger charge is 2.22. The first-order valence-corrected chi connectivity index (χ1v) is 13.3. The van der Waals surface area contributed by atoms with Gasteiger partial charge in [-0.25, -0.2) is 0 Å². The van der Waals surface area contributed by atoms with Gasteiger partial charge in [-0.1, -0.05) is 35.9 Å². The molecule has 2 aromatic carbocycles. The Morgan fingerprint density at radius 1 is 1.16 bits per heavy atom. The second-order valence-electron chi connectivity index (χ2n) is 9.00. The van der Waals surface area contributed by atoms with Gasteiger partial charge < -0.3 is 20.5 Å². The molecule has 4 rings (SSSR count). The van der Waals surface area contributed by atoms with Crippen molar-refractivity contribution in [2.45, 2.75) is 19.4 Å². The van der Waals surface area contributed by atoms with Crippen molar-refractivity contribution >= 4 is 35.6 Å². The number of halogens is 1. The summed E-state index contributed by atoms with van der Waals surface area (Å²) in [7, 11) is 4.08. The lowest BCUT2D eigenvalue weighted by Gasteiger charge is -2.32. The Morgan fingerprint density at radius 3 is 2.55 bits per heavy atom. The average Bonchev–Trinajstić information content (AvgIpc) is 2.95. The van der Waals surface area contributed by atoms with E-state index in [9.17, 15) is 9.59 Å². The Labute approximate surface area is 231 Å². The van der Waals surface area contributed by atoms with Crippen LogP contribution in [-0.2, 0) is 14.3 Å². The van der Waals surface area contributed by atoms with E-state index in [2.05, 4.69) is 39.0 Å². The second kappa shape index (κ2) is 17.7. The Balaban J connectivity index is 0.000000279. The quantitative estimate of drug-likeness (QED) is 0.381. The number of hydrogen-bond donors (Lipinski definition) is 2. The van der Waals surface area contributed by atoms with Crippen molar-refractivity contribution in [1.29, 1.82) is 0 Å². The van der Waals surface area contributed by atoms with Crippen LogP contribution in [0.15, 0.2) is 48.5 Å². The zero-order chi connectivity index (χ0) is 27.8. The zero-order valence-corrected chi connectivity index (χ0v) is 23.5. The van der Waals surface area contributed by atoms with E-state index in [0.29, 0.717) is 23.7 Å². The van der Waals surface area contributed by atoms with E-state index in [1.54, 1.807) is 13.0 Å². The largest absolute Gasteiger partial charge is 0.468 e. The first kappa shape index (κ1) is 31.5. The first-order chi connectivity index (χ1) is 18.4. The number of carbonyl (C=O) groups is 2. The van der Waals surface area contributed by atoms with E-state index in [4.69, 9.17) is 22.1 Å². The van der Waals surface area contributed by atoms with Crippen molar-refractivity contribution in [2.75, 3.05) is 72.4 Å². The molecule has 38 heavy (non-hydrogen) atoms. The van der Waals surface area contributed by atoms with Crippen LogP contribution in [0.5, 0.6) is 0 Å². The topological polar surface area (TPSA) is 97.1 Å². The van der Waals surface area contributed by atoms with Crippen LogP contribution >= 0.6 is 11.6 Å². The molecular formula is C29H41ClN4O4. The number of likely N-dealkylation sites (N-methyl/N-ethyl adjacent to an activating group) is 2. The van der Waals surface area contributed by atoms with Gasteiger partial charge in [-0.3, -0.25) is 19.4 Å². The highest BCUT2D eigenvalue weighted by molar-refractivity contribution is 6.30. The number of hydrogen-bond acceptors (Lipinski definition) is 8. The fraction of sp³-hybridized carbons (Fsp3) is 0.448. The lowest BCUT2D eigenvalue weighted by Crippen LogP contribution is -2.39. The highest BCUT2D eigenvalue weighted by Crippen LogP contribution is 2.35. The fourth-order valence-electron chi connectivity index (χ4n) is 4.20. The van der Waals surface area contributed by atoms with Gasteiger partial charge >= 0.3 is 0 Å². The number of ether oxygens (including phenoxy) is 2. The first-order valence-electron chi connectivity index (χ1n) is 12.9. The predicted octanol–water partition coefficient (Wildman–Crippen LogP) is 3.91. The van der Waals surface area contributed by atoms with E-state index in [1.807, 2.05) is 37.4 Å². The van der Waals surface area contributed by atoms with Crippen LogP contribution in [0, 0.1) is 0 Å². The van der Waals surface area contributed by atoms with E-state index >= 15 is 0 Å². The van der Waals surface area contributed by atoms with Gasteiger partial charge in [0.15, 0.2) is 0 Å². The molecule has 0 amide bonds. The summed E-state index contributed by atoms with van der Waals surface area (Å²) in [4.78, 5) is 24.9. The van der Waals surface area contributed by atoms with Gasteiger partial charge in [0.2, 0.25) is 0 Å². The number of rotatable bonds is 8. The molecule has 2 aliphatic rings. The summed E-state index contributed by atoms with van der Waals surface area (Å²) < 4.78 is 9.37. The van der Waals surface area contributed by atoms with Gasteiger partial charge in [-0.15, -0.1) is 0 Å². The third-order valence-electron chi connectivity index (χ3n) is 6.33. The molecule has 0 saturated carbocycles. The maximum Gasteiger partial charge on any atom is 0.293 e. The smallest absolute Gasteiger partial charge is 0.293 e. The van der Waals surface area contributed by atoms with Crippen LogP contribution in [0.1, 0.15) is 40.9 Å². The maximum atomic E-state index is 11.0. The van der Waals surface area contributed by atoms with Crippen LogP contribution in [0.2, 0.25) is 5.02 Å². The summed E-state index contributed by atoms with van der Waals surface area (Å²) in [5.41, 5.74) is 10.9. The third kappa shape index (κ3) is 10.6. The predicted molar refractivity (Wildman–Crippen MR) is 155 cm³/mol. The van der Waals surface area contributed by atoms with Gasteiger partial charge in [0.25, 0.3) is 6.47 Å². The summed E-state index contributed by atoms with van der Waals surface area (Å²) in [6.45, 7) is 9.84. The molecule has 1 atom stereocenters. The van der Waals surface area contributed by atoms with Crippen molar-refractivity contribution in [3.8, 4) is 0 Å². The van der Waals surface area contributed by atoms with Crippen LogP contribution in [0.25, 0.3) is 5.57 Å². The number of carbonyl (C=O) groups excluding carboxylic acids is 2. The van der Waals surface area contributed by atoms with E-state index in [0.717, 1.165) is 75.5 Å². The number of nitrogens with two attached hydrogens (primary N) is 1. The fourth-order valence-corrected chi connectivity index (χ4v) is 4.37. The molecule has 1 fully saturated rings. The molecule has 208 valence electrons. The number of anilines is 1. The van der Waals surface area contributed by atoms with Crippen LogP contribution < -0.4 is 11.1 Å². The van der Waals surface area contributed by atoms with Crippen molar-refractivity contribution in [1.82, 2.24) is 15.1 Å². The number of morpholine rings is 1. The standard InChI is InChI=1S/C19H19ClN2O.C7H16N2O.C3H6O2/c1-22-8-7-14(17-11-16(20)5-6-18(17)21)10-19(22)15-4-2-3-13(9-15)12-23;1-8-2-3-9-4-6-10-7-5-9;1-2-5-3-4/h2-6,9-12,19H,7-8,21H2,1H3;8H,2-7H2,1H3;3H,2H2,1H3. The molecule has 0 radical (unpaired) electrons. The minimum absolute atomic E-state index is 0.122. The minimum atomic E-state index is 0.122. The molecule has 9 heteroatoms. The monoisotopic (exact) mass is 544 g/mol. The average molecular weight is 545 g/mol. The van der Waals surface area contributed by atoms with Gasteiger partial charge in [-0.05, 0) is 62.8 Å². The summed E-state index contributed by atoms with van der Waals surface area (Å²) in [5.74, 6) is 0. The molecule has 2 heterocycles. The number of nitrogens with zero attached hydrogens (tertiary/aromatic N) is 2. The Morgan fingerprint density at radius 2 is 1.92 bits per heavy atom. The molecule has 3 N–H and O–H groups in total. The molecule has 8 nitrogen and oxygen atoms in total. The lowest BCUT2D eigenvalue weighted by molar-refractivity contribution is -0.128. The Hall–Kier alpha value is -2.75. The lowest BCUT2D eigenvalue weighted by atomic mass is 9.91. The van der Waals surface area contributed by atoms with Gasteiger partial charge in [0.05, 0.1) is 25.9 Å². The summed E-state index contributed by atoms with van der Waals surface area (Å²) in [6.07, 6.45) is 4.02. The molecular weight excluding hydrogens is 504 g/mol. The molecule has 2 aromatic rings. The Bertz CT molecular complexity index is 1030. The van der Waals surface area contributed by atoms with Gasteiger partial charge in [0, 0.05) is 54.6 Å². The second-order valence-corrected chi connectivity index (χ2v) is 9.43. The minimum Gasteiger partial charge on any atom is -0.468 e. The van der Waals surface area contributed by atoms with Gasteiger partial charge in [-0.2, -0.15) is 0 Å². The van der Waals surface area contributed by atoms with Crippen LogP contribution in [0.4, 0.5) is 5.69 Å². The number of benzene rings is 2. The molecule has 0 aliphatic carbocycles. The van der Waals surface area contributed by atoms with Crippen molar-refractivity contribution in [3.63, 3.8) is 0 Å². The van der Waals surface area contributed by atoms with Crippen molar-refractivity contribution in [2.24, 2.45) is 0 Å². The SMILES string of the molecule is CCOC=O.CN1CCC(c2cc(Cl)ccc2N)=CC1c1cccc(C=O)c1.CNCCN1CCOCC1. The summed E-state index contributed by atoms with van der Waals surface area (Å²) >= 11 is 6.13. The normalized spacial score (nSPS) is 17.7. The molecule has 0 aromatic heterocycles. The molecule has 0 spiro atoms. The van der Waals surface area contributed by atoms with Crippen molar-refractivity contribution < 1.29 is 19.1 Å². The van der Waals surface area contributed by atoms with Gasteiger partial charge in [0.1, 0.15) is 6.29 Å². The van der Waals surface area contributed by atoms with E-state index < -0.39 is 0 Å². The van der Waals surface area contributed by atoms with E-state index in [-0.39, 0.29) is 6.04 Å². The third-order valence-corrected chi connectivity index (χ3v) is 6.57. The molecule has 1 unspecified atom stereocenters. The van der Waals surface area contributed by atoms with E-state index in [1.165, 1.54) is 5.57 Å². The molecule has 2 aliphatic heterocycles. The van der Waals surface area contributed by atoms with Crippen LogP contribution in [-0.4, -0.2) is 89.2 Å². The molecule has 1 saturated heterocycles. The maximum absolute atomic E-state index is 11.0. The number of nitrogen functional groups attached to an aromatic ring is 1. The highest BCUT2D eigenvalue weighted by atomic mass is 35.5. The van der Waals surface area contributed by atoms with Crippen molar-refractivity contribution in [3.05, 3.63) is 70.3 Å². The molecule has 0 bridgehead atoms.